The third-order valence-electron chi connectivity index (χ3n) is 2.96. The Morgan fingerprint density at radius 3 is 2.45 bits per heavy atom. The molecule has 22 heavy (non-hydrogen) atoms. The lowest BCUT2D eigenvalue weighted by Crippen LogP contribution is -2.25. The van der Waals surface area contributed by atoms with Crippen molar-refractivity contribution >= 4 is 28.7 Å². The van der Waals surface area contributed by atoms with Gasteiger partial charge in [0.25, 0.3) is 0 Å². The van der Waals surface area contributed by atoms with Crippen molar-refractivity contribution in [1.29, 1.82) is 0 Å². The van der Waals surface area contributed by atoms with Crippen molar-refractivity contribution < 1.29 is 9.13 Å². The number of para-hydroxylation sites is 1. The number of anilines is 1. The molecule has 0 aliphatic rings. The predicted molar refractivity (Wildman–Crippen MR) is 91.0 cm³/mol. The number of ether oxygens (including phenoxy) is 1. The maximum absolute atomic E-state index is 13.5. The van der Waals surface area contributed by atoms with Crippen LogP contribution in [-0.4, -0.2) is 17.9 Å². The second-order valence-corrected chi connectivity index (χ2v) is 4.88. The van der Waals surface area contributed by atoms with Gasteiger partial charge in [-0.3, -0.25) is 5.43 Å². The highest BCUT2D eigenvalue weighted by Crippen LogP contribution is 2.13. The van der Waals surface area contributed by atoms with Crippen LogP contribution in [0.4, 0.5) is 10.1 Å². The lowest BCUT2D eigenvalue weighted by molar-refractivity contribution is 0.415. The summed E-state index contributed by atoms with van der Waals surface area (Å²) in [6.45, 7) is 1.85. The van der Waals surface area contributed by atoms with E-state index < -0.39 is 0 Å². The Balaban J connectivity index is 1.97. The highest BCUT2D eigenvalue weighted by molar-refractivity contribution is 7.80. The molecule has 2 N–H and O–H groups in total. The van der Waals surface area contributed by atoms with Crippen molar-refractivity contribution in [3.8, 4) is 5.75 Å². The van der Waals surface area contributed by atoms with Crippen molar-refractivity contribution in [2.24, 2.45) is 5.10 Å². The average Bonchev–Trinajstić information content (AvgIpc) is 2.55. The highest BCUT2D eigenvalue weighted by Gasteiger charge is 2.03. The van der Waals surface area contributed by atoms with Gasteiger partial charge in [-0.05, 0) is 61.1 Å². The number of hydrogen-bond donors (Lipinski definition) is 2. The standard InChI is InChI=1S/C16H16FN3OS/c1-11(12-7-9-13(21-2)10-8-12)19-20-16(22)18-15-6-4-3-5-14(15)17/h3-10H,1-2H3,(H2,18,20,22)/b19-11-. The van der Waals surface area contributed by atoms with Gasteiger partial charge in [-0.2, -0.15) is 5.10 Å². The molecule has 114 valence electrons. The topological polar surface area (TPSA) is 45.6 Å². The van der Waals surface area contributed by atoms with Gasteiger partial charge in [0, 0.05) is 0 Å². The Bertz CT molecular complexity index is 686. The zero-order chi connectivity index (χ0) is 15.9. The maximum Gasteiger partial charge on any atom is 0.191 e. The number of benzene rings is 2. The van der Waals surface area contributed by atoms with E-state index in [1.165, 1.54) is 6.07 Å². The Kier molecular flexibility index (Phi) is 5.43. The summed E-state index contributed by atoms with van der Waals surface area (Å²) in [4.78, 5) is 0. The lowest BCUT2D eigenvalue weighted by Gasteiger charge is -2.09. The summed E-state index contributed by atoms with van der Waals surface area (Å²) in [5, 5.41) is 7.15. The summed E-state index contributed by atoms with van der Waals surface area (Å²) in [5.41, 5.74) is 4.68. The Morgan fingerprint density at radius 2 is 1.82 bits per heavy atom. The average molecular weight is 317 g/mol. The molecule has 4 nitrogen and oxygen atoms in total. The Morgan fingerprint density at radius 1 is 1.14 bits per heavy atom. The minimum atomic E-state index is -0.373. The first-order valence-electron chi connectivity index (χ1n) is 6.60. The molecule has 0 saturated heterocycles. The maximum atomic E-state index is 13.5. The molecule has 0 bridgehead atoms. The number of nitrogens with zero attached hydrogens (tertiary/aromatic N) is 1. The number of hydrazone groups is 1. The zero-order valence-electron chi connectivity index (χ0n) is 12.3. The SMILES string of the molecule is COc1ccc(/C(C)=N\NC(=S)Nc2ccccc2F)cc1. The van der Waals surface area contributed by atoms with E-state index in [0.717, 1.165) is 17.0 Å². The third-order valence-corrected chi connectivity index (χ3v) is 3.15. The predicted octanol–water partition coefficient (Wildman–Crippen LogP) is 3.54. The van der Waals surface area contributed by atoms with Gasteiger partial charge < -0.3 is 10.1 Å². The van der Waals surface area contributed by atoms with Crippen LogP contribution in [0, 0.1) is 5.82 Å². The second kappa shape index (κ2) is 7.51. The summed E-state index contributed by atoms with van der Waals surface area (Å²) in [5.74, 6) is 0.406. The van der Waals surface area contributed by atoms with Crippen LogP contribution in [0.5, 0.6) is 5.75 Å². The van der Waals surface area contributed by atoms with E-state index in [0.29, 0.717) is 5.69 Å². The smallest absolute Gasteiger partial charge is 0.191 e. The Hall–Kier alpha value is -2.47. The number of methoxy groups -OCH3 is 1. The number of halogens is 1. The summed E-state index contributed by atoms with van der Waals surface area (Å²) >= 11 is 5.09. The van der Waals surface area contributed by atoms with Crippen LogP contribution < -0.4 is 15.5 Å². The van der Waals surface area contributed by atoms with Gasteiger partial charge in [-0.1, -0.05) is 12.1 Å². The van der Waals surface area contributed by atoms with E-state index >= 15 is 0 Å². The first-order valence-corrected chi connectivity index (χ1v) is 7.01. The fourth-order valence-corrected chi connectivity index (χ4v) is 1.90. The molecule has 0 spiro atoms. The van der Waals surface area contributed by atoms with Crippen molar-refractivity contribution in [3.05, 3.63) is 59.9 Å². The first-order chi connectivity index (χ1) is 10.6. The van der Waals surface area contributed by atoms with Crippen LogP contribution in [0.1, 0.15) is 12.5 Å². The van der Waals surface area contributed by atoms with Gasteiger partial charge >= 0.3 is 0 Å². The molecule has 0 aromatic heterocycles. The van der Waals surface area contributed by atoms with Gasteiger partial charge in [0.1, 0.15) is 11.6 Å². The number of hydrogen-bond acceptors (Lipinski definition) is 3. The summed E-state index contributed by atoms with van der Waals surface area (Å²) in [6, 6.07) is 13.8. The Labute approximate surface area is 134 Å². The van der Waals surface area contributed by atoms with Gasteiger partial charge in [-0.15, -0.1) is 0 Å². The molecule has 0 aliphatic heterocycles. The molecule has 0 saturated carbocycles. The van der Waals surface area contributed by atoms with E-state index in [4.69, 9.17) is 17.0 Å². The molecule has 2 aromatic carbocycles. The van der Waals surface area contributed by atoms with Crippen LogP contribution in [0.2, 0.25) is 0 Å². The molecule has 0 radical (unpaired) electrons. The van der Waals surface area contributed by atoms with Gasteiger partial charge in [-0.25, -0.2) is 4.39 Å². The molecular weight excluding hydrogens is 301 g/mol. The lowest BCUT2D eigenvalue weighted by atomic mass is 10.1. The minimum absolute atomic E-state index is 0.220. The monoisotopic (exact) mass is 317 g/mol. The van der Waals surface area contributed by atoms with Crippen LogP contribution >= 0.6 is 12.2 Å². The van der Waals surface area contributed by atoms with Crippen molar-refractivity contribution in [2.75, 3.05) is 12.4 Å². The highest BCUT2D eigenvalue weighted by atomic mass is 32.1. The molecule has 0 heterocycles. The summed E-state index contributed by atoms with van der Waals surface area (Å²) < 4.78 is 18.6. The zero-order valence-corrected chi connectivity index (χ0v) is 13.1. The molecule has 6 heteroatoms. The second-order valence-electron chi connectivity index (χ2n) is 4.47. The van der Waals surface area contributed by atoms with E-state index in [1.54, 1.807) is 25.3 Å². The summed E-state index contributed by atoms with van der Waals surface area (Å²) in [6.07, 6.45) is 0. The number of rotatable bonds is 4. The quantitative estimate of drug-likeness (QED) is 0.514. The van der Waals surface area contributed by atoms with Crippen LogP contribution in [0.3, 0.4) is 0 Å². The normalized spacial score (nSPS) is 11.0. The van der Waals surface area contributed by atoms with E-state index in [1.807, 2.05) is 31.2 Å². The molecule has 0 unspecified atom stereocenters. The van der Waals surface area contributed by atoms with Crippen molar-refractivity contribution in [2.45, 2.75) is 6.92 Å². The minimum Gasteiger partial charge on any atom is -0.497 e. The van der Waals surface area contributed by atoms with E-state index in [2.05, 4.69) is 15.8 Å². The molecule has 0 atom stereocenters. The fraction of sp³-hybridized carbons (Fsp3) is 0.125. The fourth-order valence-electron chi connectivity index (χ4n) is 1.74. The van der Waals surface area contributed by atoms with Crippen LogP contribution in [0.15, 0.2) is 53.6 Å². The third kappa shape index (κ3) is 4.26. The number of nitrogens with one attached hydrogen (secondary N) is 2. The van der Waals surface area contributed by atoms with Gasteiger partial charge in [0.15, 0.2) is 5.11 Å². The summed E-state index contributed by atoms with van der Waals surface area (Å²) in [7, 11) is 1.62. The van der Waals surface area contributed by atoms with Crippen LogP contribution in [0.25, 0.3) is 0 Å². The van der Waals surface area contributed by atoms with E-state index in [9.17, 15) is 4.39 Å². The van der Waals surface area contributed by atoms with Crippen LogP contribution in [-0.2, 0) is 0 Å². The van der Waals surface area contributed by atoms with Crippen molar-refractivity contribution in [3.63, 3.8) is 0 Å². The van der Waals surface area contributed by atoms with Crippen molar-refractivity contribution in [1.82, 2.24) is 5.43 Å². The van der Waals surface area contributed by atoms with E-state index in [-0.39, 0.29) is 10.9 Å². The molecular formula is C16H16FN3OS. The van der Waals surface area contributed by atoms with Gasteiger partial charge in [0.2, 0.25) is 0 Å². The largest absolute Gasteiger partial charge is 0.497 e. The first kappa shape index (κ1) is 15.9. The molecule has 0 amide bonds. The molecule has 0 aliphatic carbocycles. The van der Waals surface area contributed by atoms with Gasteiger partial charge in [0.05, 0.1) is 18.5 Å². The molecule has 2 rings (SSSR count). The molecule has 0 fully saturated rings. The molecule has 2 aromatic rings. The number of thiocarbonyl (C=S) groups is 1.